The molecule has 0 aliphatic heterocycles. The Kier molecular flexibility index (Phi) is 72.2. The molecule has 5 atom stereocenters. The maximum absolute atomic E-state index is 13.0. The molecule has 0 aromatic carbocycles. The summed E-state index contributed by atoms with van der Waals surface area (Å²) in [7, 11) is -9.80. The highest BCUT2D eigenvalue weighted by atomic mass is 31.2. The number of allylic oxidation sites excluding steroid dienone is 22. The highest BCUT2D eigenvalue weighted by Crippen LogP contribution is 2.45. The molecule has 0 bridgehead atoms. The Balaban J connectivity index is 4.61. The van der Waals surface area contributed by atoms with Crippen molar-refractivity contribution in [1.29, 1.82) is 0 Å². The van der Waals surface area contributed by atoms with Crippen LogP contribution in [-0.2, 0) is 55.8 Å². The SMILES string of the molecule is CC/C=C\C/C=C\C/C=C\C/C=C\C/C=C\C/C=C\CCCCCCC(=O)OCC(COP(=O)(O)OCC(O)COP(=O)(O)OCC(O)COC(=O)CCCCCCCCCCCCC/C=C\C/C=C\C/C=C\C/C=C\CCCCC)OC(=O)CCCCCCC/C=C\CCCCCCCC. The van der Waals surface area contributed by atoms with Crippen molar-refractivity contribution < 1.29 is 75.8 Å². The summed E-state index contributed by atoms with van der Waals surface area (Å²) in [5, 5.41) is 20.6. The number of phosphoric ester groups is 2. The highest BCUT2D eigenvalue weighted by molar-refractivity contribution is 7.47. The van der Waals surface area contributed by atoms with Gasteiger partial charge in [-0.2, -0.15) is 0 Å². The Bertz CT molecular complexity index is 2370. The first-order valence-corrected chi connectivity index (χ1v) is 42.5. The van der Waals surface area contributed by atoms with Crippen LogP contribution in [0.1, 0.15) is 316 Å². The number of carbonyl (C=O) groups is 3. The Morgan fingerprint density at radius 3 is 0.861 bits per heavy atom. The maximum atomic E-state index is 13.0. The smallest absolute Gasteiger partial charge is 0.463 e. The molecule has 0 amide bonds. The zero-order chi connectivity index (χ0) is 73.7. The molecule has 0 rings (SSSR count). The number of esters is 3. The average molecular weight is 1460 g/mol. The maximum Gasteiger partial charge on any atom is 0.472 e. The van der Waals surface area contributed by atoms with Crippen molar-refractivity contribution in [2.45, 2.75) is 334 Å². The van der Waals surface area contributed by atoms with Crippen LogP contribution < -0.4 is 0 Å². The fraction of sp³-hybridized carbons (Fsp3) is 0.699. The van der Waals surface area contributed by atoms with Gasteiger partial charge in [0.25, 0.3) is 0 Å². The summed E-state index contributed by atoms with van der Waals surface area (Å²) in [4.78, 5) is 58.6. The molecular formula is C83H142O16P2. The number of aliphatic hydroxyl groups excluding tert-OH is 2. The predicted molar refractivity (Wildman–Crippen MR) is 417 cm³/mol. The molecule has 0 radical (unpaired) electrons. The van der Waals surface area contributed by atoms with Gasteiger partial charge in [-0.05, 0) is 141 Å². The lowest BCUT2D eigenvalue weighted by atomic mass is 10.0. The summed E-state index contributed by atoms with van der Waals surface area (Å²) >= 11 is 0. The number of ether oxygens (including phenoxy) is 3. The van der Waals surface area contributed by atoms with Crippen LogP contribution in [0, 0.1) is 0 Å². The van der Waals surface area contributed by atoms with Crippen LogP contribution in [0.15, 0.2) is 134 Å². The van der Waals surface area contributed by atoms with E-state index in [4.69, 9.17) is 32.3 Å². The quantitative estimate of drug-likeness (QED) is 0.0146. The molecular weight excluding hydrogens is 1310 g/mol. The molecule has 0 saturated carbocycles. The molecule has 18 heteroatoms. The molecule has 4 N–H and O–H groups in total. The predicted octanol–water partition coefficient (Wildman–Crippen LogP) is 23.1. The zero-order valence-corrected chi connectivity index (χ0v) is 65.1. The highest BCUT2D eigenvalue weighted by Gasteiger charge is 2.29. The van der Waals surface area contributed by atoms with E-state index in [-0.39, 0.29) is 19.3 Å². The van der Waals surface area contributed by atoms with Gasteiger partial charge in [0.15, 0.2) is 6.10 Å². The van der Waals surface area contributed by atoms with Gasteiger partial charge >= 0.3 is 33.6 Å². The van der Waals surface area contributed by atoms with Crippen molar-refractivity contribution in [3.05, 3.63) is 134 Å². The van der Waals surface area contributed by atoms with Crippen LogP contribution in [0.25, 0.3) is 0 Å². The first-order valence-electron chi connectivity index (χ1n) is 39.5. The number of unbranched alkanes of at least 4 members (excludes halogenated alkanes) is 29. The van der Waals surface area contributed by atoms with Gasteiger partial charge in [-0.15, -0.1) is 0 Å². The van der Waals surface area contributed by atoms with Gasteiger partial charge < -0.3 is 34.2 Å². The van der Waals surface area contributed by atoms with Crippen LogP contribution in [0.3, 0.4) is 0 Å². The van der Waals surface area contributed by atoms with E-state index in [0.29, 0.717) is 19.3 Å². The van der Waals surface area contributed by atoms with E-state index in [0.717, 1.165) is 148 Å². The Hall–Kier alpha value is -4.31. The molecule has 0 aliphatic rings. The van der Waals surface area contributed by atoms with Gasteiger partial charge in [-0.3, -0.25) is 32.5 Å². The van der Waals surface area contributed by atoms with E-state index in [2.05, 4.69) is 154 Å². The summed E-state index contributed by atoms with van der Waals surface area (Å²) in [5.41, 5.74) is 0. The van der Waals surface area contributed by atoms with E-state index < -0.39 is 91.5 Å². The average Bonchev–Trinajstić information content (AvgIpc) is 0.944. The van der Waals surface area contributed by atoms with Crippen molar-refractivity contribution in [2.24, 2.45) is 0 Å². The van der Waals surface area contributed by atoms with Gasteiger partial charge in [0.1, 0.15) is 25.4 Å². The van der Waals surface area contributed by atoms with Crippen LogP contribution in [0.4, 0.5) is 0 Å². The van der Waals surface area contributed by atoms with Gasteiger partial charge in [-0.1, -0.05) is 289 Å². The molecule has 580 valence electrons. The van der Waals surface area contributed by atoms with Crippen LogP contribution in [-0.4, -0.2) is 95.9 Å². The molecule has 0 saturated heterocycles. The Morgan fingerprint density at radius 2 is 0.525 bits per heavy atom. The monoisotopic (exact) mass is 1460 g/mol. The summed E-state index contributed by atoms with van der Waals surface area (Å²) < 4.78 is 61.1. The fourth-order valence-corrected chi connectivity index (χ4v) is 11.9. The first-order chi connectivity index (χ1) is 49.2. The Labute approximate surface area is 614 Å². The van der Waals surface area contributed by atoms with Gasteiger partial charge in [0.05, 0.1) is 26.4 Å². The topological polar surface area (TPSA) is 231 Å². The minimum absolute atomic E-state index is 0.0857. The van der Waals surface area contributed by atoms with E-state index in [1.165, 1.54) is 109 Å². The number of hydrogen-bond acceptors (Lipinski definition) is 14. The van der Waals surface area contributed by atoms with Crippen LogP contribution >= 0.6 is 15.6 Å². The number of hydrogen-bond donors (Lipinski definition) is 4. The van der Waals surface area contributed by atoms with E-state index >= 15 is 0 Å². The molecule has 101 heavy (non-hydrogen) atoms. The Morgan fingerprint density at radius 1 is 0.287 bits per heavy atom. The minimum Gasteiger partial charge on any atom is -0.463 e. The summed E-state index contributed by atoms with van der Waals surface area (Å²) in [6.45, 7) is 2.50. The second-order valence-corrected chi connectivity index (χ2v) is 29.0. The third kappa shape index (κ3) is 76.6. The normalized spacial score (nSPS) is 14.7. The second-order valence-electron chi connectivity index (χ2n) is 26.1. The minimum atomic E-state index is -4.94. The summed E-state index contributed by atoms with van der Waals surface area (Å²) in [5.74, 6) is -1.62. The fourth-order valence-electron chi connectivity index (χ4n) is 10.3. The molecule has 0 aromatic rings. The van der Waals surface area contributed by atoms with Gasteiger partial charge in [-0.25, -0.2) is 9.13 Å². The largest absolute Gasteiger partial charge is 0.472 e. The van der Waals surface area contributed by atoms with E-state index in [1.54, 1.807) is 0 Å². The van der Waals surface area contributed by atoms with Crippen molar-refractivity contribution in [1.82, 2.24) is 0 Å². The molecule has 0 aliphatic carbocycles. The lowest BCUT2D eigenvalue weighted by molar-refractivity contribution is -0.161. The zero-order valence-electron chi connectivity index (χ0n) is 63.3. The summed E-state index contributed by atoms with van der Waals surface area (Å²) in [6, 6.07) is 0. The van der Waals surface area contributed by atoms with E-state index in [9.17, 15) is 43.5 Å². The number of aliphatic hydroxyl groups is 2. The lowest BCUT2D eigenvalue weighted by Crippen LogP contribution is -2.30. The van der Waals surface area contributed by atoms with Crippen molar-refractivity contribution >= 4 is 33.6 Å². The standard InChI is InChI=1S/C83H142O16P2/c1-4-7-10-13-16-19-22-25-28-30-32-34-36-37-38-39-41-43-44-46-49-51-54-57-60-63-66-69-81(86)93-72-78(84)73-95-100(89,90)96-74-79(85)75-97-101(91,92)98-77-80(99-83(88)71-68-65-62-59-56-53-48-27-24-21-18-15-12-9-6-3)76-94-82(87)70-67-64-61-58-55-52-50-47-45-42-40-35-33-31-29-26-23-20-17-14-11-8-5-2/h8,11,16-17,19-20,25-29,32-35,37-38,42,45,48,50,52,78-80,84-85H,4-7,9-10,12-15,18,21-24,30-31,36,39-41,43-44,46-47,49,51,53-77H2,1-3H3,(H,89,90)(H,91,92)/b11-8-,19-16-,20-17-,28-25-,29-26-,34-32-,35-33-,38-37-,45-42-,48-27-,52-50-. The molecule has 0 heterocycles. The van der Waals surface area contributed by atoms with Crippen LogP contribution in [0.2, 0.25) is 0 Å². The third-order valence-corrected chi connectivity index (χ3v) is 18.2. The van der Waals surface area contributed by atoms with Gasteiger partial charge in [0.2, 0.25) is 0 Å². The van der Waals surface area contributed by atoms with Crippen molar-refractivity contribution in [3.63, 3.8) is 0 Å². The summed E-state index contributed by atoms with van der Waals surface area (Å²) in [6.07, 6.45) is 90.6. The number of phosphoric acid groups is 2. The van der Waals surface area contributed by atoms with E-state index in [1.807, 2.05) is 0 Å². The molecule has 16 nitrogen and oxygen atoms in total. The number of rotatable bonds is 74. The third-order valence-electron chi connectivity index (χ3n) is 16.3. The molecule has 0 spiro atoms. The molecule has 0 aromatic heterocycles. The van der Waals surface area contributed by atoms with Crippen molar-refractivity contribution in [3.8, 4) is 0 Å². The number of carbonyl (C=O) groups excluding carboxylic acids is 3. The molecule has 5 unspecified atom stereocenters. The van der Waals surface area contributed by atoms with Crippen LogP contribution in [0.5, 0.6) is 0 Å². The molecule has 0 fully saturated rings. The second kappa shape index (κ2) is 75.4. The lowest BCUT2D eigenvalue weighted by Gasteiger charge is -2.21. The van der Waals surface area contributed by atoms with Crippen molar-refractivity contribution in [2.75, 3.05) is 39.6 Å². The first kappa shape index (κ1) is 96.7. The van der Waals surface area contributed by atoms with Gasteiger partial charge in [0, 0.05) is 19.3 Å².